The molecule has 1 fully saturated rings. The topological polar surface area (TPSA) is 92.4 Å². The lowest BCUT2D eigenvalue weighted by Gasteiger charge is -2.10. The number of aliphatic carboxylic acids is 1. The van der Waals surface area contributed by atoms with Crippen molar-refractivity contribution in [1.29, 1.82) is 0 Å². The fourth-order valence-electron chi connectivity index (χ4n) is 2.36. The first-order valence-corrected chi connectivity index (χ1v) is 7.59. The fourth-order valence-corrected chi connectivity index (χ4v) is 2.36. The van der Waals surface area contributed by atoms with Crippen LogP contribution in [0.15, 0.2) is 40.9 Å². The Morgan fingerprint density at radius 1 is 1.26 bits per heavy atom. The maximum absolute atomic E-state index is 11.8. The third kappa shape index (κ3) is 3.59. The van der Waals surface area contributed by atoms with Crippen molar-refractivity contribution >= 4 is 11.9 Å². The van der Waals surface area contributed by atoms with E-state index in [9.17, 15) is 9.59 Å². The summed E-state index contributed by atoms with van der Waals surface area (Å²) in [6.07, 6.45) is 3.51. The van der Waals surface area contributed by atoms with Gasteiger partial charge >= 0.3 is 5.97 Å². The highest BCUT2D eigenvalue weighted by Gasteiger charge is 2.50. The predicted molar refractivity (Wildman–Crippen MR) is 82.6 cm³/mol. The molecule has 1 aliphatic rings. The lowest BCUT2D eigenvalue weighted by atomic mass is 10.1. The van der Waals surface area contributed by atoms with Gasteiger partial charge in [-0.1, -0.05) is 30.3 Å². The summed E-state index contributed by atoms with van der Waals surface area (Å²) < 4.78 is 5.63. The zero-order valence-electron chi connectivity index (χ0n) is 12.6. The van der Waals surface area contributed by atoms with Crippen LogP contribution in [-0.4, -0.2) is 28.5 Å². The van der Waals surface area contributed by atoms with Gasteiger partial charge in [0.1, 0.15) is 0 Å². The quantitative estimate of drug-likeness (QED) is 0.817. The standard InChI is InChI=1S/C17H18N2O4/c20-14(19-11-17(8-9-17)16(21)22)6-7-15-18-10-13(23-15)12-4-2-1-3-5-12/h1-5,10H,6-9,11H2,(H,19,20)(H,21,22). The minimum atomic E-state index is -0.835. The van der Waals surface area contributed by atoms with Crippen molar-refractivity contribution in [2.45, 2.75) is 25.7 Å². The van der Waals surface area contributed by atoms with Crippen LogP contribution in [0.2, 0.25) is 0 Å². The molecule has 23 heavy (non-hydrogen) atoms. The van der Waals surface area contributed by atoms with Crippen molar-refractivity contribution in [1.82, 2.24) is 10.3 Å². The van der Waals surface area contributed by atoms with E-state index in [0.29, 0.717) is 30.9 Å². The Balaban J connectivity index is 1.48. The molecule has 0 saturated heterocycles. The van der Waals surface area contributed by atoms with Crippen molar-refractivity contribution in [2.75, 3.05) is 6.54 Å². The summed E-state index contributed by atoms with van der Waals surface area (Å²) in [7, 11) is 0. The van der Waals surface area contributed by atoms with E-state index < -0.39 is 11.4 Å². The Hall–Kier alpha value is -2.63. The largest absolute Gasteiger partial charge is 0.481 e. The summed E-state index contributed by atoms with van der Waals surface area (Å²) in [6.45, 7) is 0.196. The van der Waals surface area contributed by atoms with E-state index in [1.54, 1.807) is 6.20 Å². The molecule has 3 rings (SSSR count). The van der Waals surface area contributed by atoms with Crippen LogP contribution in [0.5, 0.6) is 0 Å². The van der Waals surface area contributed by atoms with Crippen LogP contribution in [-0.2, 0) is 16.0 Å². The van der Waals surface area contributed by atoms with Gasteiger partial charge in [0.05, 0.1) is 11.6 Å². The molecule has 0 aliphatic heterocycles. The van der Waals surface area contributed by atoms with Gasteiger partial charge in [-0.2, -0.15) is 0 Å². The monoisotopic (exact) mass is 314 g/mol. The first-order valence-electron chi connectivity index (χ1n) is 7.59. The summed E-state index contributed by atoms with van der Waals surface area (Å²) in [5.74, 6) is 0.150. The number of oxazole rings is 1. The zero-order chi connectivity index (χ0) is 16.3. The van der Waals surface area contributed by atoms with E-state index in [2.05, 4.69) is 10.3 Å². The number of carbonyl (C=O) groups is 2. The van der Waals surface area contributed by atoms with Crippen molar-refractivity contribution in [3.05, 3.63) is 42.4 Å². The Kier molecular flexibility index (Phi) is 4.14. The smallest absolute Gasteiger partial charge is 0.311 e. The molecule has 120 valence electrons. The minimum absolute atomic E-state index is 0.183. The maximum Gasteiger partial charge on any atom is 0.311 e. The third-order valence-corrected chi connectivity index (χ3v) is 4.11. The number of aromatic nitrogens is 1. The predicted octanol–water partition coefficient (Wildman–Crippen LogP) is 2.26. The molecule has 0 radical (unpaired) electrons. The van der Waals surface area contributed by atoms with Crippen LogP contribution in [0.3, 0.4) is 0 Å². The van der Waals surface area contributed by atoms with E-state index in [1.807, 2.05) is 30.3 Å². The molecule has 0 atom stereocenters. The molecule has 6 nitrogen and oxygen atoms in total. The number of rotatable bonds is 7. The van der Waals surface area contributed by atoms with Gasteiger partial charge in [-0.05, 0) is 12.8 Å². The number of aryl methyl sites for hydroxylation is 1. The van der Waals surface area contributed by atoms with Crippen molar-refractivity contribution in [2.24, 2.45) is 5.41 Å². The molecule has 0 spiro atoms. The van der Waals surface area contributed by atoms with Gasteiger partial charge in [0.15, 0.2) is 11.7 Å². The Morgan fingerprint density at radius 2 is 2.00 bits per heavy atom. The van der Waals surface area contributed by atoms with Crippen LogP contribution in [0.4, 0.5) is 0 Å². The highest BCUT2D eigenvalue weighted by molar-refractivity contribution is 5.81. The molecule has 0 bridgehead atoms. The first-order chi connectivity index (χ1) is 11.1. The highest BCUT2D eigenvalue weighted by Crippen LogP contribution is 2.45. The zero-order valence-corrected chi connectivity index (χ0v) is 12.6. The molecule has 1 saturated carbocycles. The number of carbonyl (C=O) groups excluding carboxylic acids is 1. The maximum atomic E-state index is 11.8. The number of carboxylic acids is 1. The van der Waals surface area contributed by atoms with Crippen LogP contribution in [0, 0.1) is 5.41 Å². The third-order valence-electron chi connectivity index (χ3n) is 4.11. The summed E-state index contributed by atoms with van der Waals surface area (Å²) in [5.41, 5.74) is 0.201. The lowest BCUT2D eigenvalue weighted by Crippen LogP contribution is -2.34. The van der Waals surface area contributed by atoms with Crippen LogP contribution < -0.4 is 5.32 Å². The van der Waals surface area contributed by atoms with Gasteiger partial charge in [0.2, 0.25) is 5.91 Å². The molecule has 1 heterocycles. The Morgan fingerprint density at radius 3 is 2.65 bits per heavy atom. The number of amides is 1. The summed E-state index contributed by atoms with van der Waals surface area (Å²) in [5, 5.41) is 11.7. The molecular weight excluding hydrogens is 296 g/mol. The first kappa shape index (κ1) is 15.3. The molecule has 0 unspecified atom stereocenters. The number of nitrogens with zero attached hydrogens (tertiary/aromatic N) is 1. The average Bonchev–Trinajstić information content (AvgIpc) is 3.22. The summed E-state index contributed by atoms with van der Waals surface area (Å²) >= 11 is 0. The fraction of sp³-hybridized carbons (Fsp3) is 0.353. The Labute approximate surface area is 133 Å². The second-order valence-corrected chi connectivity index (χ2v) is 5.85. The molecule has 1 aliphatic carbocycles. The van der Waals surface area contributed by atoms with Crippen molar-refractivity contribution in [3.8, 4) is 11.3 Å². The molecule has 1 aromatic heterocycles. The van der Waals surface area contributed by atoms with Gasteiger partial charge in [-0.3, -0.25) is 9.59 Å². The normalized spacial score (nSPS) is 15.1. The Bertz CT molecular complexity index is 704. The van der Waals surface area contributed by atoms with Gasteiger partial charge in [-0.15, -0.1) is 0 Å². The highest BCUT2D eigenvalue weighted by atomic mass is 16.4. The minimum Gasteiger partial charge on any atom is -0.481 e. The average molecular weight is 314 g/mol. The van der Waals surface area contributed by atoms with Crippen LogP contribution in [0.1, 0.15) is 25.2 Å². The molecule has 1 aromatic carbocycles. The number of carboxylic acid groups (broad SMARTS) is 1. The van der Waals surface area contributed by atoms with E-state index in [-0.39, 0.29) is 18.9 Å². The van der Waals surface area contributed by atoms with E-state index in [4.69, 9.17) is 9.52 Å². The summed E-state index contributed by atoms with van der Waals surface area (Å²) in [4.78, 5) is 27.0. The van der Waals surface area contributed by atoms with Crippen LogP contribution in [0.25, 0.3) is 11.3 Å². The number of hydrogen-bond acceptors (Lipinski definition) is 4. The van der Waals surface area contributed by atoms with Crippen molar-refractivity contribution in [3.63, 3.8) is 0 Å². The van der Waals surface area contributed by atoms with Gasteiger partial charge in [-0.25, -0.2) is 4.98 Å². The van der Waals surface area contributed by atoms with Gasteiger partial charge < -0.3 is 14.8 Å². The second-order valence-electron chi connectivity index (χ2n) is 5.85. The van der Waals surface area contributed by atoms with Crippen molar-refractivity contribution < 1.29 is 19.1 Å². The molecule has 2 N–H and O–H groups in total. The van der Waals surface area contributed by atoms with E-state index >= 15 is 0 Å². The molecule has 2 aromatic rings. The van der Waals surface area contributed by atoms with Gasteiger partial charge in [0.25, 0.3) is 0 Å². The van der Waals surface area contributed by atoms with Crippen LogP contribution >= 0.6 is 0 Å². The molecule has 6 heteroatoms. The number of benzene rings is 1. The summed E-state index contributed by atoms with van der Waals surface area (Å²) in [6, 6.07) is 9.62. The SMILES string of the molecule is O=C(CCc1ncc(-c2ccccc2)o1)NCC1(C(=O)O)CC1. The van der Waals surface area contributed by atoms with Gasteiger partial charge in [0, 0.05) is 24.9 Å². The lowest BCUT2D eigenvalue weighted by molar-refractivity contribution is -0.143. The number of hydrogen-bond donors (Lipinski definition) is 2. The second kappa shape index (κ2) is 6.24. The molecular formula is C17H18N2O4. The van der Waals surface area contributed by atoms with E-state index in [1.165, 1.54) is 0 Å². The van der Waals surface area contributed by atoms with E-state index in [0.717, 1.165) is 5.56 Å². The number of nitrogens with one attached hydrogen (secondary N) is 1. The molecule has 1 amide bonds.